The Balaban J connectivity index is 1.93. The van der Waals surface area contributed by atoms with Crippen LogP contribution in [0.15, 0.2) is 34.9 Å². The number of hydrogen-bond donors (Lipinski definition) is 1. The number of carbonyl (C=O) groups excluding carboxylic acids is 1. The standard InChI is InChI=1S/C19H21NO4S/c1-12-3-5-14(6-4-12)15-11-25-8-7-20(15)19(23)18-13(2)10-24-16(18)9-17(21)22/h3-6,10,15H,7-9,11H2,1-2H3,(H,21,22). The van der Waals surface area contributed by atoms with Gasteiger partial charge in [0, 0.05) is 23.6 Å². The summed E-state index contributed by atoms with van der Waals surface area (Å²) in [6, 6.07) is 8.21. The maximum atomic E-state index is 13.2. The fraction of sp³-hybridized carbons (Fsp3) is 0.368. The van der Waals surface area contributed by atoms with Crippen molar-refractivity contribution in [2.75, 3.05) is 18.1 Å². The molecule has 0 radical (unpaired) electrons. The molecule has 1 unspecified atom stereocenters. The third-order valence-electron chi connectivity index (χ3n) is 4.43. The molecule has 25 heavy (non-hydrogen) atoms. The Kier molecular flexibility index (Phi) is 5.18. The minimum Gasteiger partial charge on any atom is -0.481 e. The molecule has 1 fully saturated rings. The first kappa shape index (κ1) is 17.6. The SMILES string of the molecule is Cc1ccc(C2CSCCN2C(=O)c2c(C)coc2CC(=O)O)cc1. The second kappa shape index (κ2) is 7.35. The fourth-order valence-electron chi connectivity index (χ4n) is 3.11. The molecule has 2 heterocycles. The Morgan fingerprint density at radius 3 is 2.68 bits per heavy atom. The third-order valence-corrected chi connectivity index (χ3v) is 5.45. The summed E-state index contributed by atoms with van der Waals surface area (Å²) in [5.41, 5.74) is 3.36. The minimum absolute atomic E-state index is 0.0150. The van der Waals surface area contributed by atoms with Crippen molar-refractivity contribution in [1.29, 1.82) is 0 Å². The van der Waals surface area contributed by atoms with E-state index in [0.29, 0.717) is 17.7 Å². The van der Waals surface area contributed by atoms with Crippen LogP contribution in [-0.2, 0) is 11.2 Å². The Hall–Kier alpha value is -2.21. The zero-order chi connectivity index (χ0) is 18.0. The van der Waals surface area contributed by atoms with E-state index in [1.54, 1.807) is 6.92 Å². The van der Waals surface area contributed by atoms with Crippen molar-refractivity contribution in [3.05, 3.63) is 58.5 Å². The predicted octanol–water partition coefficient (Wildman–Crippen LogP) is 3.45. The molecule has 1 aliphatic rings. The second-order valence-corrected chi connectivity index (χ2v) is 7.44. The molecule has 0 aliphatic carbocycles. The topological polar surface area (TPSA) is 70.8 Å². The molecule has 1 N–H and O–H groups in total. The average Bonchev–Trinajstić information content (AvgIpc) is 2.94. The first-order valence-electron chi connectivity index (χ1n) is 8.21. The van der Waals surface area contributed by atoms with Gasteiger partial charge in [-0.15, -0.1) is 0 Å². The van der Waals surface area contributed by atoms with Crippen molar-refractivity contribution >= 4 is 23.6 Å². The molecule has 132 valence electrons. The van der Waals surface area contributed by atoms with Gasteiger partial charge < -0.3 is 14.4 Å². The van der Waals surface area contributed by atoms with Crippen molar-refractivity contribution in [2.45, 2.75) is 26.3 Å². The van der Waals surface area contributed by atoms with Gasteiger partial charge in [0.1, 0.15) is 12.2 Å². The van der Waals surface area contributed by atoms with E-state index in [0.717, 1.165) is 17.1 Å². The van der Waals surface area contributed by atoms with Crippen LogP contribution in [-0.4, -0.2) is 39.9 Å². The number of nitrogens with zero attached hydrogens (tertiary/aromatic N) is 1. The summed E-state index contributed by atoms with van der Waals surface area (Å²) in [4.78, 5) is 26.1. The maximum Gasteiger partial charge on any atom is 0.311 e. The quantitative estimate of drug-likeness (QED) is 0.905. The lowest BCUT2D eigenvalue weighted by atomic mass is 10.0. The van der Waals surface area contributed by atoms with Crippen LogP contribution in [0, 0.1) is 13.8 Å². The Morgan fingerprint density at radius 1 is 1.28 bits per heavy atom. The Bertz CT molecular complexity index is 781. The van der Waals surface area contributed by atoms with E-state index in [1.165, 1.54) is 11.8 Å². The van der Waals surface area contributed by atoms with Crippen molar-refractivity contribution in [3.63, 3.8) is 0 Å². The van der Waals surface area contributed by atoms with Crippen LogP contribution in [0.1, 0.15) is 38.9 Å². The van der Waals surface area contributed by atoms with E-state index in [1.807, 2.05) is 23.6 Å². The van der Waals surface area contributed by atoms with E-state index in [9.17, 15) is 9.59 Å². The first-order valence-corrected chi connectivity index (χ1v) is 9.37. The van der Waals surface area contributed by atoms with Gasteiger partial charge in [0.15, 0.2) is 0 Å². The van der Waals surface area contributed by atoms with Crippen molar-refractivity contribution in [1.82, 2.24) is 4.90 Å². The molecule has 2 aromatic rings. The van der Waals surface area contributed by atoms with E-state index in [4.69, 9.17) is 9.52 Å². The van der Waals surface area contributed by atoms with Gasteiger partial charge in [-0.05, 0) is 19.4 Å². The fourth-order valence-corrected chi connectivity index (χ4v) is 4.20. The normalized spacial score (nSPS) is 17.5. The van der Waals surface area contributed by atoms with Crippen molar-refractivity contribution in [3.8, 4) is 0 Å². The number of rotatable bonds is 4. The number of benzene rings is 1. The number of carbonyl (C=O) groups is 2. The van der Waals surface area contributed by atoms with Gasteiger partial charge >= 0.3 is 5.97 Å². The first-order chi connectivity index (χ1) is 12.0. The average molecular weight is 359 g/mol. The lowest BCUT2D eigenvalue weighted by Gasteiger charge is -2.36. The zero-order valence-electron chi connectivity index (χ0n) is 14.3. The molecular weight excluding hydrogens is 338 g/mol. The molecule has 1 aliphatic heterocycles. The van der Waals surface area contributed by atoms with Crippen LogP contribution >= 0.6 is 11.8 Å². The van der Waals surface area contributed by atoms with Crippen LogP contribution < -0.4 is 0 Å². The minimum atomic E-state index is -1.01. The molecule has 1 amide bonds. The van der Waals surface area contributed by atoms with Gasteiger partial charge in [0.2, 0.25) is 0 Å². The number of thioether (sulfide) groups is 1. The van der Waals surface area contributed by atoms with Crippen LogP contribution in [0.5, 0.6) is 0 Å². The summed E-state index contributed by atoms with van der Waals surface area (Å²) in [6.45, 7) is 4.45. The molecule has 1 aromatic heterocycles. The molecule has 1 atom stereocenters. The maximum absolute atomic E-state index is 13.2. The van der Waals surface area contributed by atoms with Gasteiger partial charge in [-0.2, -0.15) is 11.8 Å². The number of aliphatic carboxylic acids is 1. The van der Waals surface area contributed by atoms with Crippen LogP contribution in [0.3, 0.4) is 0 Å². The lowest BCUT2D eigenvalue weighted by molar-refractivity contribution is -0.136. The van der Waals surface area contributed by atoms with E-state index < -0.39 is 5.97 Å². The van der Waals surface area contributed by atoms with E-state index in [2.05, 4.69) is 24.3 Å². The van der Waals surface area contributed by atoms with Gasteiger partial charge in [0.05, 0.1) is 17.9 Å². The Morgan fingerprint density at radius 2 is 2.00 bits per heavy atom. The van der Waals surface area contributed by atoms with Gasteiger partial charge in [0.25, 0.3) is 5.91 Å². The smallest absolute Gasteiger partial charge is 0.311 e. The third kappa shape index (κ3) is 3.74. The highest BCUT2D eigenvalue weighted by Crippen LogP contribution is 2.32. The van der Waals surface area contributed by atoms with Crippen molar-refractivity contribution in [2.24, 2.45) is 0 Å². The summed E-state index contributed by atoms with van der Waals surface area (Å²) >= 11 is 1.83. The molecule has 1 aromatic carbocycles. The summed E-state index contributed by atoms with van der Waals surface area (Å²) in [5, 5.41) is 9.06. The van der Waals surface area contributed by atoms with Crippen molar-refractivity contribution < 1.29 is 19.1 Å². The van der Waals surface area contributed by atoms with E-state index >= 15 is 0 Å². The van der Waals surface area contributed by atoms with Gasteiger partial charge in [-0.25, -0.2) is 0 Å². The zero-order valence-corrected chi connectivity index (χ0v) is 15.1. The van der Waals surface area contributed by atoms with Crippen LogP contribution in [0.25, 0.3) is 0 Å². The number of hydrogen-bond acceptors (Lipinski definition) is 4. The molecule has 3 rings (SSSR count). The van der Waals surface area contributed by atoms with Crippen LogP contribution in [0.4, 0.5) is 0 Å². The molecule has 0 bridgehead atoms. The summed E-state index contributed by atoms with van der Waals surface area (Å²) < 4.78 is 5.34. The highest BCUT2D eigenvalue weighted by Gasteiger charge is 2.32. The second-order valence-electron chi connectivity index (χ2n) is 6.29. The molecule has 0 spiro atoms. The molecule has 1 saturated heterocycles. The molecule has 6 heteroatoms. The summed E-state index contributed by atoms with van der Waals surface area (Å²) in [5.74, 6) is 0.788. The largest absolute Gasteiger partial charge is 0.481 e. The molecule has 5 nitrogen and oxygen atoms in total. The van der Waals surface area contributed by atoms with Gasteiger partial charge in [-0.1, -0.05) is 29.8 Å². The highest BCUT2D eigenvalue weighted by molar-refractivity contribution is 7.99. The number of carboxylic acid groups (broad SMARTS) is 1. The Labute approximate surface area is 151 Å². The van der Waals surface area contributed by atoms with Gasteiger partial charge in [-0.3, -0.25) is 9.59 Å². The number of carboxylic acids is 1. The lowest BCUT2D eigenvalue weighted by Crippen LogP contribution is -2.41. The summed E-state index contributed by atoms with van der Waals surface area (Å²) in [6.07, 6.45) is 1.18. The molecule has 0 saturated carbocycles. The van der Waals surface area contributed by atoms with E-state index in [-0.39, 0.29) is 24.1 Å². The summed E-state index contributed by atoms with van der Waals surface area (Å²) in [7, 11) is 0. The number of amides is 1. The number of aryl methyl sites for hydroxylation is 2. The molecular formula is C19H21NO4S. The number of furan rings is 1. The monoisotopic (exact) mass is 359 g/mol. The predicted molar refractivity (Wildman–Crippen MR) is 97.1 cm³/mol. The highest BCUT2D eigenvalue weighted by atomic mass is 32.2. The van der Waals surface area contributed by atoms with Crippen LogP contribution in [0.2, 0.25) is 0 Å².